The Kier molecular flexibility index (Phi) is 7.38. The predicted molar refractivity (Wildman–Crippen MR) is 139 cm³/mol. The van der Waals surface area contributed by atoms with Gasteiger partial charge in [-0.05, 0) is 35.7 Å². The number of amides is 1. The number of nitrogens with one attached hydrogen (secondary N) is 1. The number of aromatic nitrogens is 3. The summed E-state index contributed by atoms with van der Waals surface area (Å²) < 4.78 is 7.71. The highest BCUT2D eigenvalue weighted by Gasteiger charge is 2.23. The number of benzene rings is 3. The molecule has 0 fully saturated rings. The number of hydrogen-bond acceptors (Lipinski definition) is 5. The molecule has 3 aromatic carbocycles. The van der Waals surface area contributed by atoms with Crippen molar-refractivity contribution in [3.63, 3.8) is 0 Å². The molecule has 1 aliphatic rings. The molecule has 36 heavy (non-hydrogen) atoms. The Morgan fingerprint density at radius 1 is 0.889 bits per heavy atom. The maximum absolute atomic E-state index is 12.4. The molecule has 0 saturated heterocycles. The largest absolute Gasteiger partial charge is 0.484 e. The van der Waals surface area contributed by atoms with Crippen molar-refractivity contribution >= 4 is 5.91 Å². The number of hydrogen-bond donors (Lipinski definition) is 1. The van der Waals surface area contributed by atoms with Gasteiger partial charge in [-0.1, -0.05) is 72.8 Å². The summed E-state index contributed by atoms with van der Waals surface area (Å²) in [5.74, 6) is 2.24. The normalized spacial score (nSPS) is 14.5. The zero-order valence-corrected chi connectivity index (χ0v) is 20.5. The minimum Gasteiger partial charge on any atom is -0.484 e. The van der Waals surface area contributed by atoms with Crippen LogP contribution < -0.4 is 10.1 Å². The Hall–Kier alpha value is -3.97. The van der Waals surface area contributed by atoms with Gasteiger partial charge in [-0.15, -0.1) is 10.2 Å². The number of ether oxygens (including phenoxy) is 1. The molecule has 0 saturated carbocycles. The molecule has 1 atom stereocenters. The third-order valence-corrected chi connectivity index (χ3v) is 6.49. The molecule has 7 heteroatoms. The van der Waals surface area contributed by atoms with Crippen LogP contribution in [0.5, 0.6) is 5.75 Å². The van der Waals surface area contributed by atoms with E-state index in [0.29, 0.717) is 5.75 Å². The van der Waals surface area contributed by atoms with Crippen molar-refractivity contribution in [1.29, 1.82) is 0 Å². The van der Waals surface area contributed by atoms with E-state index in [1.54, 1.807) is 0 Å². The van der Waals surface area contributed by atoms with E-state index in [9.17, 15) is 4.79 Å². The fraction of sp³-hybridized carbons (Fsp3) is 0.276. The number of fused-ring (bicyclic) bond motifs is 1. The van der Waals surface area contributed by atoms with Crippen LogP contribution in [0.2, 0.25) is 0 Å². The minimum absolute atomic E-state index is 0.0355. The molecular weight excluding hydrogens is 450 g/mol. The highest BCUT2D eigenvalue weighted by molar-refractivity contribution is 5.77. The third kappa shape index (κ3) is 5.80. The van der Waals surface area contributed by atoms with E-state index >= 15 is 0 Å². The molecule has 2 heterocycles. The van der Waals surface area contributed by atoms with Crippen molar-refractivity contribution in [3.8, 4) is 16.9 Å². The van der Waals surface area contributed by atoms with Gasteiger partial charge in [0.25, 0.3) is 5.91 Å². The first-order chi connectivity index (χ1) is 17.7. The molecule has 1 N–H and O–H groups in total. The second-order valence-electron chi connectivity index (χ2n) is 9.11. The molecule has 4 aromatic rings. The summed E-state index contributed by atoms with van der Waals surface area (Å²) in [5.41, 5.74) is 3.76. The van der Waals surface area contributed by atoms with E-state index in [2.05, 4.69) is 73.5 Å². The van der Waals surface area contributed by atoms with E-state index < -0.39 is 0 Å². The lowest BCUT2D eigenvalue weighted by molar-refractivity contribution is -0.123. The minimum atomic E-state index is -0.254. The fourth-order valence-electron chi connectivity index (χ4n) is 4.57. The predicted octanol–water partition coefficient (Wildman–Crippen LogP) is 4.26. The van der Waals surface area contributed by atoms with Gasteiger partial charge < -0.3 is 14.6 Å². The van der Waals surface area contributed by atoms with Crippen molar-refractivity contribution in [3.05, 3.63) is 102 Å². The monoisotopic (exact) mass is 481 g/mol. The summed E-state index contributed by atoms with van der Waals surface area (Å²) in [6, 6.07) is 28.3. The highest BCUT2D eigenvalue weighted by atomic mass is 16.5. The molecule has 0 spiro atoms. The second-order valence-corrected chi connectivity index (χ2v) is 9.11. The SMILES string of the molecule is CC(NC(=O)COc1ccccc1)c1nnc2n1CCN(Cc1ccc(-c3ccccc3)cc1)CC2. The van der Waals surface area contributed by atoms with E-state index in [1.807, 2.05) is 43.3 Å². The molecule has 0 bridgehead atoms. The molecule has 1 unspecified atom stereocenters. The average molecular weight is 482 g/mol. The van der Waals surface area contributed by atoms with Crippen LogP contribution in [0.25, 0.3) is 11.1 Å². The summed E-state index contributed by atoms with van der Waals surface area (Å²) in [6.45, 7) is 5.41. The Balaban J connectivity index is 1.16. The molecule has 7 nitrogen and oxygen atoms in total. The number of nitrogens with zero attached hydrogens (tertiary/aromatic N) is 4. The van der Waals surface area contributed by atoms with Crippen LogP contribution in [0.15, 0.2) is 84.9 Å². The molecule has 0 radical (unpaired) electrons. The van der Waals surface area contributed by atoms with Crippen LogP contribution in [0.3, 0.4) is 0 Å². The summed E-state index contributed by atoms with van der Waals surface area (Å²) in [4.78, 5) is 14.9. The zero-order chi connectivity index (χ0) is 24.7. The first-order valence-corrected chi connectivity index (χ1v) is 12.4. The fourth-order valence-corrected chi connectivity index (χ4v) is 4.57. The summed E-state index contributed by atoms with van der Waals surface area (Å²) in [5, 5.41) is 11.8. The number of carbonyl (C=O) groups is 1. The maximum atomic E-state index is 12.4. The van der Waals surface area contributed by atoms with Gasteiger partial charge >= 0.3 is 0 Å². The van der Waals surface area contributed by atoms with Crippen LogP contribution in [0, 0.1) is 0 Å². The third-order valence-electron chi connectivity index (χ3n) is 6.49. The Morgan fingerprint density at radius 3 is 2.33 bits per heavy atom. The van der Waals surface area contributed by atoms with E-state index in [1.165, 1.54) is 16.7 Å². The second kappa shape index (κ2) is 11.2. The van der Waals surface area contributed by atoms with Crippen molar-refractivity contribution < 1.29 is 9.53 Å². The number of carbonyl (C=O) groups excluding carboxylic acids is 1. The van der Waals surface area contributed by atoms with Gasteiger partial charge in [0, 0.05) is 32.6 Å². The van der Waals surface area contributed by atoms with Crippen LogP contribution >= 0.6 is 0 Å². The topological polar surface area (TPSA) is 72.3 Å². The van der Waals surface area contributed by atoms with Gasteiger partial charge in [-0.25, -0.2) is 0 Å². The molecule has 1 aliphatic heterocycles. The van der Waals surface area contributed by atoms with Gasteiger partial charge in [0.2, 0.25) is 0 Å². The van der Waals surface area contributed by atoms with E-state index in [4.69, 9.17) is 4.74 Å². The summed E-state index contributed by atoms with van der Waals surface area (Å²) >= 11 is 0. The zero-order valence-electron chi connectivity index (χ0n) is 20.5. The van der Waals surface area contributed by atoms with Crippen molar-refractivity contribution in [1.82, 2.24) is 25.0 Å². The van der Waals surface area contributed by atoms with E-state index in [-0.39, 0.29) is 18.6 Å². The summed E-state index contributed by atoms with van der Waals surface area (Å²) in [6.07, 6.45) is 0.826. The van der Waals surface area contributed by atoms with E-state index in [0.717, 1.165) is 44.2 Å². The average Bonchev–Trinajstić information content (AvgIpc) is 3.23. The highest BCUT2D eigenvalue weighted by Crippen LogP contribution is 2.21. The lowest BCUT2D eigenvalue weighted by atomic mass is 10.0. The molecule has 0 aliphatic carbocycles. The molecule has 184 valence electrons. The van der Waals surface area contributed by atoms with Gasteiger partial charge in [-0.2, -0.15) is 0 Å². The van der Waals surface area contributed by atoms with Crippen molar-refractivity contribution in [2.75, 3.05) is 19.7 Å². The van der Waals surface area contributed by atoms with Crippen LogP contribution in [-0.2, 0) is 24.3 Å². The van der Waals surface area contributed by atoms with Crippen LogP contribution in [0.1, 0.15) is 30.2 Å². The number of rotatable bonds is 8. The van der Waals surface area contributed by atoms with Crippen LogP contribution in [0.4, 0.5) is 0 Å². The van der Waals surface area contributed by atoms with Crippen molar-refractivity contribution in [2.45, 2.75) is 32.5 Å². The smallest absolute Gasteiger partial charge is 0.258 e. The lowest BCUT2D eigenvalue weighted by Gasteiger charge is -2.20. The van der Waals surface area contributed by atoms with Crippen molar-refractivity contribution in [2.24, 2.45) is 0 Å². The Morgan fingerprint density at radius 2 is 1.58 bits per heavy atom. The molecule has 5 rings (SSSR count). The van der Waals surface area contributed by atoms with Crippen LogP contribution in [-0.4, -0.2) is 45.3 Å². The molecular formula is C29H31N5O2. The first kappa shape index (κ1) is 23.8. The first-order valence-electron chi connectivity index (χ1n) is 12.4. The Bertz CT molecular complexity index is 1270. The molecule has 1 amide bonds. The van der Waals surface area contributed by atoms with Gasteiger partial charge in [0.15, 0.2) is 12.4 Å². The van der Waals surface area contributed by atoms with Gasteiger partial charge in [-0.3, -0.25) is 9.69 Å². The standard InChI is InChI=1S/C29H31N5O2/c1-22(30-28(35)21-36-26-10-6-3-7-11-26)29-32-31-27-16-17-33(18-19-34(27)29)20-23-12-14-25(15-13-23)24-8-4-2-5-9-24/h2-15,22H,16-21H2,1H3,(H,30,35). The Labute approximate surface area is 211 Å². The molecule has 1 aromatic heterocycles. The summed E-state index contributed by atoms with van der Waals surface area (Å²) in [7, 11) is 0. The number of para-hydroxylation sites is 1. The lowest BCUT2D eigenvalue weighted by Crippen LogP contribution is -2.33. The quantitative estimate of drug-likeness (QED) is 0.407. The van der Waals surface area contributed by atoms with Gasteiger partial charge in [0.05, 0.1) is 6.04 Å². The van der Waals surface area contributed by atoms with Gasteiger partial charge in [0.1, 0.15) is 11.6 Å². The maximum Gasteiger partial charge on any atom is 0.258 e.